The predicted octanol–water partition coefficient (Wildman–Crippen LogP) is 3.71. The number of halogens is 1. The molecule has 5 heteroatoms. The van der Waals surface area contributed by atoms with Crippen molar-refractivity contribution in [2.24, 2.45) is 0 Å². The Bertz CT molecular complexity index is 569. The molecule has 0 atom stereocenters. The summed E-state index contributed by atoms with van der Waals surface area (Å²) in [5, 5.41) is 5.22. The van der Waals surface area contributed by atoms with Gasteiger partial charge in [0, 0.05) is 28.6 Å². The van der Waals surface area contributed by atoms with E-state index in [2.05, 4.69) is 10.3 Å². The Morgan fingerprint density at radius 3 is 2.74 bits per heavy atom. The number of thiazole rings is 1. The van der Waals surface area contributed by atoms with E-state index in [0.717, 1.165) is 33.6 Å². The zero-order chi connectivity index (χ0) is 13.8. The second-order valence-electron chi connectivity index (χ2n) is 4.27. The second-order valence-corrected chi connectivity index (χ2v) is 5.96. The van der Waals surface area contributed by atoms with Crippen LogP contribution in [0.25, 0.3) is 0 Å². The molecular weight excluding hydrogens is 280 g/mol. The van der Waals surface area contributed by atoms with Crippen molar-refractivity contribution >= 4 is 22.9 Å². The molecule has 1 N–H and O–H groups in total. The van der Waals surface area contributed by atoms with Crippen LogP contribution in [-0.4, -0.2) is 12.1 Å². The molecule has 0 radical (unpaired) electrons. The molecule has 0 amide bonds. The molecule has 0 bridgehead atoms. The smallest absolute Gasteiger partial charge is 0.124 e. The van der Waals surface area contributed by atoms with Crippen LogP contribution in [0.15, 0.2) is 18.2 Å². The molecule has 0 fully saturated rings. The van der Waals surface area contributed by atoms with Crippen molar-refractivity contribution in [3.63, 3.8) is 0 Å². The van der Waals surface area contributed by atoms with Crippen molar-refractivity contribution in [2.45, 2.75) is 26.9 Å². The fourth-order valence-electron chi connectivity index (χ4n) is 1.94. The van der Waals surface area contributed by atoms with E-state index >= 15 is 0 Å². The Morgan fingerprint density at radius 1 is 1.32 bits per heavy atom. The second kappa shape index (κ2) is 6.37. The fourth-order valence-corrected chi connectivity index (χ4v) is 3.08. The Morgan fingerprint density at radius 2 is 2.11 bits per heavy atom. The van der Waals surface area contributed by atoms with Crippen LogP contribution in [0.2, 0.25) is 5.02 Å². The zero-order valence-electron chi connectivity index (χ0n) is 11.3. The van der Waals surface area contributed by atoms with E-state index in [9.17, 15) is 0 Å². The van der Waals surface area contributed by atoms with Gasteiger partial charge in [0.25, 0.3) is 0 Å². The topological polar surface area (TPSA) is 34.1 Å². The lowest BCUT2D eigenvalue weighted by Gasteiger charge is -2.11. The summed E-state index contributed by atoms with van der Waals surface area (Å²) in [7, 11) is 1.66. The summed E-state index contributed by atoms with van der Waals surface area (Å²) in [6.45, 7) is 5.54. The van der Waals surface area contributed by atoms with Gasteiger partial charge in [0.1, 0.15) is 5.75 Å². The molecule has 0 aliphatic rings. The van der Waals surface area contributed by atoms with Crippen LogP contribution in [0, 0.1) is 13.8 Å². The number of methoxy groups -OCH3 is 1. The first-order valence-electron chi connectivity index (χ1n) is 6.07. The number of rotatable bonds is 5. The molecule has 102 valence electrons. The first kappa shape index (κ1) is 14.3. The zero-order valence-corrected chi connectivity index (χ0v) is 12.9. The molecule has 0 spiro atoms. The van der Waals surface area contributed by atoms with Crippen molar-refractivity contribution in [2.75, 3.05) is 7.11 Å². The third-order valence-electron chi connectivity index (χ3n) is 2.88. The van der Waals surface area contributed by atoms with Gasteiger partial charge in [-0.3, -0.25) is 0 Å². The van der Waals surface area contributed by atoms with Crippen LogP contribution < -0.4 is 10.1 Å². The Hall–Kier alpha value is -1.10. The molecule has 1 aromatic heterocycles. The number of aromatic nitrogens is 1. The minimum absolute atomic E-state index is 0.680. The molecule has 0 aliphatic heterocycles. The number of aryl methyl sites for hydroxylation is 2. The van der Waals surface area contributed by atoms with E-state index < -0.39 is 0 Å². The van der Waals surface area contributed by atoms with Gasteiger partial charge < -0.3 is 10.1 Å². The number of hydrogen-bond donors (Lipinski definition) is 1. The lowest BCUT2D eigenvalue weighted by molar-refractivity contribution is 0.407. The largest absolute Gasteiger partial charge is 0.496 e. The highest BCUT2D eigenvalue weighted by atomic mass is 35.5. The number of ether oxygens (including phenoxy) is 1. The summed E-state index contributed by atoms with van der Waals surface area (Å²) in [4.78, 5) is 5.68. The third-order valence-corrected chi connectivity index (χ3v) is 4.31. The Labute approximate surface area is 122 Å². The van der Waals surface area contributed by atoms with E-state index in [4.69, 9.17) is 16.3 Å². The van der Waals surface area contributed by atoms with Crippen LogP contribution in [0.3, 0.4) is 0 Å². The highest BCUT2D eigenvalue weighted by molar-refractivity contribution is 7.11. The van der Waals surface area contributed by atoms with Crippen LogP contribution in [-0.2, 0) is 13.1 Å². The monoisotopic (exact) mass is 296 g/mol. The molecule has 0 saturated heterocycles. The minimum Gasteiger partial charge on any atom is -0.496 e. The van der Waals surface area contributed by atoms with E-state index in [1.165, 1.54) is 4.88 Å². The first-order valence-corrected chi connectivity index (χ1v) is 7.26. The van der Waals surface area contributed by atoms with Crippen molar-refractivity contribution < 1.29 is 4.74 Å². The molecule has 1 aromatic carbocycles. The first-order chi connectivity index (χ1) is 9.11. The molecule has 0 aliphatic carbocycles. The van der Waals surface area contributed by atoms with Gasteiger partial charge in [0.2, 0.25) is 0 Å². The summed E-state index contributed by atoms with van der Waals surface area (Å²) in [5.41, 5.74) is 2.09. The molecule has 3 nitrogen and oxygen atoms in total. The van der Waals surface area contributed by atoms with E-state index in [-0.39, 0.29) is 0 Å². The van der Waals surface area contributed by atoms with Crippen molar-refractivity contribution in [3.05, 3.63) is 44.4 Å². The van der Waals surface area contributed by atoms with E-state index in [0.29, 0.717) is 6.54 Å². The Balaban J connectivity index is 2.01. The van der Waals surface area contributed by atoms with Crippen molar-refractivity contribution in [1.82, 2.24) is 10.3 Å². The van der Waals surface area contributed by atoms with E-state index in [1.807, 2.05) is 32.0 Å². The minimum atomic E-state index is 0.680. The van der Waals surface area contributed by atoms with Gasteiger partial charge in [-0.25, -0.2) is 4.98 Å². The maximum absolute atomic E-state index is 6.20. The number of nitrogens with one attached hydrogen (secondary N) is 1. The highest BCUT2D eigenvalue weighted by Crippen LogP contribution is 2.26. The number of hydrogen-bond acceptors (Lipinski definition) is 4. The lowest BCUT2D eigenvalue weighted by atomic mass is 10.2. The van der Waals surface area contributed by atoms with Gasteiger partial charge in [-0.2, -0.15) is 0 Å². The van der Waals surface area contributed by atoms with Crippen molar-refractivity contribution in [3.8, 4) is 5.75 Å². The van der Waals surface area contributed by atoms with Gasteiger partial charge in [-0.1, -0.05) is 17.7 Å². The predicted molar refractivity (Wildman–Crippen MR) is 80.1 cm³/mol. The van der Waals surface area contributed by atoms with Gasteiger partial charge in [-0.15, -0.1) is 11.3 Å². The van der Waals surface area contributed by atoms with Crippen LogP contribution in [0.5, 0.6) is 5.75 Å². The van der Waals surface area contributed by atoms with Gasteiger partial charge in [0.15, 0.2) is 0 Å². The summed E-state index contributed by atoms with van der Waals surface area (Å²) in [6.07, 6.45) is 0. The summed E-state index contributed by atoms with van der Waals surface area (Å²) in [5.74, 6) is 0.817. The number of benzene rings is 1. The standard InChI is InChI=1S/C14H17ClN2OS/c1-9-14(19-10(2)17-9)8-16-7-11-12(15)5-4-6-13(11)18-3/h4-6,16H,7-8H2,1-3H3. The average molecular weight is 297 g/mol. The summed E-state index contributed by atoms with van der Waals surface area (Å²) < 4.78 is 5.32. The Kier molecular flexibility index (Phi) is 4.80. The molecule has 0 saturated carbocycles. The van der Waals surface area contributed by atoms with E-state index in [1.54, 1.807) is 18.4 Å². The lowest BCUT2D eigenvalue weighted by Crippen LogP contribution is -2.13. The SMILES string of the molecule is COc1cccc(Cl)c1CNCc1sc(C)nc1C. The molecule has 0 unspecified atom stereocenters. The summed E-state index contributed by atoms with van der Waals surface area (Å²) >= 11 is 7.92. The van der Waals surface area contributed by atoms with Gasteiger partial charge in [-0.05, 0) is 26.0 Å². The molecule has 1 heterocycles. The highest BCUT2D eigenvalue weighted by Gasteiger charge is 2.08. The third kappa shape index (κ3) is 3.47. The van der Waals surface area contributed by atoms with Crippen LogP contribution in [0.4, 0.5) is 0 Å². The number of nitrogens with zero attached hydrogens (tertiary/aromatic N) is 1. The molecular formula is C14H17ClN2OS. The van der Waals surface area contributed by atoms with Crippen LogP contribution in [0.1, 0.15) is 21.1 Å². The maximum atomic E-state index is 6.20. The van der Waals surface area contributed by atoms with Gasteiger partial charge >= 0.3 is 0 Å². The molecule has 2 aromatic rings. The molecule has 19 heavy (non-hydrogen) atoms. The maximum Gasteiger partial charge on any atom is 0.124 e. The fraction of sp³-hybridized carbons (Fsp3) is 0.357. The quantitative estimate of drug-likeness (QED) is 0.913. The van der Waals surface area contributed by atoms with Crippen LogP contribution >= 0.6 is 22.9 Å². The van der Waals surface area contributed by atoms with Gasteiger partial charge in [0.05, 0.1) is 17.8 Å². The summed E-state index contributed by atoms with van der Waals surface area (Å²) in [6, 6.07) is 5.69. The van der Waals surface area contributed by atoms with Crippen molar-refractivity contribution in [1.29, 1.82) is 0 Å². The normalized spacial score (nSPS) is 10.7. The molecule has 2 rings (SSSR count). The average Bonchev–Trinajstić information content (AvgIpc) is 2.70.